The van der Waals surface area contributed by atoms with E-state index in [1.54, 1.807) is 12.1 Å². The number of hydrogen-bond acceptors (Lipinski definition) is 9. The number of aromatic nitrogens is 3. The third-order valence-electron chi connectivity index (χ3n) is 4.14. The summed E-state index contributed by atoms with van der Waals surface area (Å²) >= 11 is 2.61. The zero-order valence-electron chi connectivity index (χ0n) is 15.2. The number of aryl methyl sites for hydroxylation is 1. The van der Waals surface area contributed by atoms with E-state index in [4.69, 9.17) is 13.9 Å². The Morgan fingerprint density at radius 2 is 2.07 bits per heavy atom. The Balaban J connectivity index is 1.21. The number of hydrogen-bond donors (Lipinski definition) is 1. The minimum atomic E-state index is -0.186. The van der Waals surface area contributed by atoms with Crippen LogP contribution in [0.3, 0.4) is 0 Å². The summed E-state index contributed by atoms with van der Waals surface area (Å²) in [6, 6.07) is 11.4. The lowest BCUT2D eigenvalue weighted by atomic mass is 10.2. The van der Waals surface area contributed by atoms with Gasteiger partial charge in [0.1, 0.15) is 0 Å². The zero-order valence-corrected chi connectivity index (χ0v) is 16.8. The highest BCUT2D eigenvalue weighted by atomic mass is 32.2. The second kappa shape index (κ2) is 7.37. The van der Waals surface area contributed by atoms with Crippen LogP contribution < -0.4 is 14.8 Å². The van der Waals surface area contributed by atoms with Gasteiger partial charge in [-0.2, -0.15) is 0 Å². The first kappa shape index (κ1) is 18.0. The fourth-order valence-electron chi connectivity index (χ4n) is 2.78. The van der Waals surface area contributed by atoms with E-state index >= 15 is 0 Å². The molecule has 2 aromatic carbocycles. The summed E-state index contributed by atoms with van der Waals surface area (Å²) < 4.78 is 17.3. The van der Waals surface area contributed by atoms with Gasteiger partial charge >= 0.3 is 0 Å². The molecule has 0 atom stereocenters. The van der Waals surface area contributed by atoms with E-state index in [1.807, 2.05) is 31.2 Å². The molecule has 146 valence electrons. The smallest absolute Gasteiger partial charge is 0.277 e. The Morgan fingerprint density at radius 3 is 3.00 bits per heavy atom. The Labute approximate surface area is 173 Å². The lowest BCUT2D eigenvalue weighted by Crippen LogP contribution is -2.13. The van der Waals surface area contributed by atoms with Gasteiger partial charge in [0.05, 0.1) is 16.0 Å². The average Bonchev–Trinajstić information content (AvgIpc) is 3.44. The van der Waals surface area contributed by atoms with Crippen LogP contribution in [-0.4, -0.2) is 33.6 Å². The van der Waals surface area contributed by atoms with Crippen LogP contribution in [0.15, 0.2) is 46.0 Å². The van der Waals surface area contributed by atoms with Gasteiger partial charge in [0.2, 0.25) is 18.6 Å². The number of thioether (sulfide) groups is 1. The number of anilines is 1. The van der Waals surface area contributed by atoms with Crippen molar-refractivity contribution in [3.05, 3.63) is 42.0 Å². The first-order valence-electron chi connectivity index (χ1n) is 8.67. The lowest BCUT2D eigenvalue weighted by Gasteiger charge is -1.99. The molecule has 5 rings (SSSR count). The van der Waals surface area contributed by atoms with Gasteiger partial charge < -0.3 is 19.2 Å². The van der Waals surface area contributed by atoms with Crippen LogP contribution in [0.4, 0.5) is 5.13 Å². The number of nitrogens with zero attached hydrogens (tertiary/aromatic N) is 3. The molecular weight excluding hydrogens is 412 g/mol. The molecule has 0 fully saturated rings. The van der Waals surface area contributed by atoms with Gasteiger partial charge in [0, 0.05) is 5.56 Å². The van der Waals surface area contributed by atoms with Crippen LogP contribution in [0.5, 0.6) is 11.5 Å². The maximum atomic E-state index is 12.2. The van der Waals surface area contributed by atoms with Crippen LogP contribution in [0.1, 0.15) is 5.56 Å². The maximum absolute atomic E-state index is 12.2. The average molecular weight is 426 g/mol. The highest BCUT2D eigenvalue weighted by molar-refractivity contribution is 7.99. The van der Waals surface area contributed by atoms with E-state index in [9.17, 15) is 4.79 Å². The van der Waals surface area contributed by atoms with Crippen molar-refractivity contribution < 1.29 is 18.7 Å². The van der Waals surface area contributed by atoms with Crippen LogP contribution in [-0.2, 0) is 4.79 Å². The molecule has 8 nitrogen and oxygen atoms in total. The van der Waals surface area contributed by atoms with Gasteiger partial charge in [-0.15, -0.1) is 10.2 Å². The first-order valence-corrected chi connectivity index (χ1v) is 10.5. The number of benzene rings is 2. The topological polar surface area (TPSA) is 99.4 Å². The molecule has 10 heteroatoms. The molecule has 1 aliphatic rings. The zero-order chi connectivity index (χ0) is 19.8. The molecule has 29 heavy (non-hydrogen) atoms. The fourth-order valence-corrected chi connectivity index (χ4v) is 4.33. The standard InChI is InChI=1S/C19H14N4O4S2/c1-10-2-4-12-15(6-10)29-18(20-12)21-16(24)8-28-19-23-22-17(27-19)11-3-5-13-14(7-11)26-9-25-13/h2-7H,8-9H2,1H3,(H,20,21,24). The summed E-state index contributed by atoms with van der Waals surface area (Å²) in [4.78, 5) is 16.7. The monoisotopic (exact) mass is 426 g/mol. The first-order chi connectivity index (χ1) is 14.1. The summed E-state index contributed by atoms with van der Waals surface area (Å²) in [5, 5.41) is 11.7. The van der Waals surface area contributed by atoms with Crippen molar-refractivity contribution in [3.8, 4) is 23.0 Å². The van der Waals surface area contributed by atoms with Gasteiger partial charge in [0.15, 0.2) is 16.6 Å². The van der Waals surface area contributed by atoms with Gasteiger partial charge in [-0.25, -0.2) is 4.98 Å². The van der Waals surface area contributed by atoms with E-state index in [1.165, 1.54) is 23.1 Å². The quantitative estimate of drug-likeness (QED) is 0.476. The van der Waals surface area contributed by atoms with Gasteiger partial charge in [-0.05, 0) is 42.8 Å². The predicted octanol–water partition coefficient (Wildman–Crippen LogP) is 4.11. The number of amides is 1. The van der Waals surface area contributed by atoms with Crippen molar-refractivity contribution >= 4 is 44.4 Å². The molecule has 1 amide bonds. The molecule has 0 spiro atoms. The van der Waals surface area contributed by atoms with E-state index in [-0.39, 0.29) is 18.5 Å². The van der Waals surface area contributed by atoms with E-state index in [0.717, 1.165) is 21.3 Å². The van der Waals surface area contributed by atoms with Gasteiger partial charge in [-0.3, -0.25) is 4.79 Å². The van der Waals surface area contributed by atoms with Crippen molar-refractivity contribution in [2.24, 2.45) is 0 Å². The number of nitrogens with one attached hydrogen (secondary N) is 1. The fraction of sp³-hybridized carbons (Fsp3) is 0.158. The van der Waals surface area contributed by atoms with E-state index in [2.05, 4.69) is 20.5 Å². The van der Waals surface area contributed by atoms with Gasteiger partial charge in [-0.1, -0.05) is 29.2 Å². The number of fused-ring (bicyclic) bond motifs is 2. The Hall–Kier alpha value is -3.11. The van der Waals surface area contributed by atoms with Crippen molar-refractivity contribution in [2.75, 3.05) is 17.9 Å². The Bertz CT molecular complexity index is 1220. The van der Waals surface area contributed by atoms with Crippen molar-refractivity contribution in [1.82, 2.24) is 15.2 Å². The lowest BCUT2D eigenvalue weighted by molar-refractivity contribution is -0.113. The predicted molar refractivity (Wildman–Crippen MR) is 110 cm³/mol. The minimum absolute atomic E-state index is 0.137. The molecule has 1 N–H and O–H groups in total. The third kappa shape index (κ3) is 3.76. The maximum Gasteiger partial charge on any atom is 0.277 e. The van der Waals surface area contributed by atoms with Crippen LogP contribution >= 0.6 is 23.1 Å². The Morgan fingerprint density at radius 1 is 1.17 bits per heavy atom. The third-order valence-corrected chi connectivity index (χ3v) is 5.90. The van der Waals surface area contributed by atoms with Crippen molar-refractivity contribution in [1.29, 1.82) is 0 Å². The van der Waals surface area contributed by atoms with E-state index in [0.29, 0.717) is 27.7 Å². The summed E-state index contributed by atoms with van der Waals surface area (Å²) in [5.41, 5.74) is 2.75. The molecule has 0 aliphatic carbocycles. The molecule has 0 saturated heterocycles. The molecule has 0 radical (unpaired) electrons. The largest absolute Gasteiger partial charge is 0.454 e. The van der Waals surface area contributed by atoms with E-state index < -0.39 is 0 Å². The van der Waals surface area contributed by atoms with Crippen LogP contribution in [0, 0.1) is 6.92 Å². The summed E-state index contributed by atoms with van der Waals surface area (Å²) in [5.74, 6) is 1.63. The molecule has 0 unspecified atom stereocenters. The number of rotatable bonds is 5. The van der Waals surface area contributed by atoms with Crippen LogP contribution in [0.25, 0.3) is 21.7 Å². The second-order valence-corrected chi connectivity index (χ2v) is 8.23. The molecule has 2 aromatic heterocycles. The highest BCUT2D eigenvalue weighted by Gasteiger charge is 2.17. The minimum Gasteiger partial charge on any atom is -0.454 e. The number of thiazole rings is 1. The number of ether oxygens (including phenoxy) is 2. The highest BCUT2D eigenvalue weighted by Crippen LogP contribution is 2.36. The molecular formula is C19H14N4O4S2. The van der Waals surface area contributed by atoms with Crippen LogP contribution in [0.2, 0.25) is 0 Å². The normalized spacial score (nSPS) is 12.4. The SMILES string of the molecule is Cc1ccc2nc(NC(=O)CSc3nnc(-c4ccc5c(c4)OCO5)o3)sc2c1. The van der Waals surface area contributed by atoms with Gasteiger partial charge in [0.25, 0.3) is 5.22 Å². The van der Waals surface area contributed by atoms with Crippen molar-refractivity contribution in [3.63, 3.8) is 0 Å². The second-order valence-electron chi connectivity index (χ2n) is 6.27. The number of carbonyl (C=O) groups is 1. The van der Waals surface area contributed by atoms with Crippen molar-refractivity contribution in [2.45, 2.75) is 12.1 Å². The number of carbonyl (C=O) groups excluding carboxylic acids is 1. The Kier molecular flexibility index (Phi) is 4.57. The molecule has 0 saturated carbocycles. The molecule has 0 bridgehead atoms. The summed E-state index contributed by atoms with van der Waals surface area (Å²) in [6.07, 6.45) is 0. The molecule has 3 heterocycles. The molecule has 4 aromatic rings. The summed E-state index contributed by atoms with van der Waals surface area (Å²) in [6.45, 7) is 2.23. The molecule has 1 aliphatic heterocycles. The summed E-state index contributed by atoms with van der Waals surface area (Å²) in [7, 11) is 0.